The van der Waals surface area contributed by atoms with E-state index >= 15 is 0 Å². The number of nitrogens with two attached hydrogens (primary N) is 1. The molecule has 0 saturated carbocycles. The van der Waals surface area contributed by atoms with Gasteiger partial charge in [-0.25, -0.2) is 0 Å². The molecule has 112 valence electrons. The van der Waals surface area contributed by atoms with Crippen LogP contribution in [0.5, 0.6) is 5.75 Å². The monoisotopic (exact) mass is 278 g/mol. The summed E-state index contributed by atoms with van der Waals surface area (Å²) in [6.45, 7) is 6.70. The number of rotatable bonds is 7. The van der Waals surface area contributed by atoms with Crippen molar-refractivity contribution in [3.63, 3.8) is 0 Å². The Morgan fingerprint density at radius 3 is 2.40 bits per heavy atom. The molecule has 0 radical (unpaired) electrons. The first kappa shape index (κ1) is 16.5. The summed E-state index contributed by atoms with van der Waals surface area (Å²) in [4.78, 5) is 12.1. The van der Waals surface area contributed by atoms with Gasteiger partial charge in [-0.05, 0) is 37.0 Å². The third-order valence-corrected chi connectivity index (χ3v) is 3.27. The second-order valence-corrected chi connectivity index (χ2v) is 5.94. The van der Waals surface area contributed by atoms with Gasteiger partial charge in [-0.15, -0.1) is 0 Å². The van der Waals surface area contributed by atoms with E-state index in [1.807, 2.05) is 31.2 Å². The van der Waals surface area contributed by atoms with Crippen LogP contribution in [0.1, 0.15) is 32.8 Å². The van der Waals surface area contributed by atoms with Crippen molar-refractivity contribution in [2.75, 3.05) is 13.7 Å². The highest BCUT2D eigenvalue weighted by Crippen LogP contribution is 2.16. The lowest BCUT2D eigenvalue weighted by Gasteiger charge is -2.31. The quantitative estimate of drug-likeness (QED) is 0.803. The number of benzene rings is 1. The third kappa shape index (κ3) is 5.21. The molecule has 0 saturated heterocycles. The standard InChI is InChI=1S/C16H26N2O2/c1-12(2)10-16(3,11-17)18-15(19)9-13-5-7-14(20-4)8-6-13/h5-8,12H,9-11,17H2,1-4H3,(H,18,19). The van der Waals surface area contributed by atoms with Crippen molar-refractivity contribution >= 4 is 5.91 Å². The van der Waals surface area contributed by atoms with Crippen LogP contribution < -0.4 is 15.8 Å². The van der Waals surface area contributed by atoms with E-state index in [-0.39, 0.29) is 11.4 Å². The SMILES string of the molecule is COc1ccc(CC(=O)NC(C)(CN)CC(C)C)cc1. The summed E-state index contributed by atoms with van der Waals surface area (Å²) in [7, 11) is 1.63. The topological polar surface area (TPSA) is 64.3 Å². The Hall–Kier alpha value is -1.55. The molecule has 0 aliphatic rings. The van der Waals surface area contributed by atoms with Crippen LogP contribution in [-0.2, 0) is 11.2 Å². The Morgan fingerprint density at radius 2 is 1.95 bits per heavy atom. The van der Waals surface area contributed by atoms with Gasteiger partial charge in [0.2, 0.25) is 5.91 Å². The number of carbonyl (C=O) groups is 1. The molecule has 20 heavy (non-hydrogen) atoms. The minimum Gasteiger partial charge on any atom is -0.497 e. The first-order valence-electron chi connectivity index (χ1n) is 7.02. The number of nitrogens with one attached hydrogen (secondary N) is 1. The van der Waals surface area contributed by atoms with Crippen LogP contribution in [0.2, 0.25) is 0 Å². The molecule has 1 atom stereocenters. The molecule has 1 amide bonds. The molecule has 0 aromatic heterocycles. The fraction of sp³-hybridized carbons (Fsp3) is 0.562. The van der Waals surface area contributed by atoms with Gasteiger partial charge in [0, 0.05) is 12.1 Å². The summed E-state index contributed by atoms with van der Waals surface area (Å²) in [5.74, 6) is 1.29. The maximum atomic E-state index is 12.1. The van der Waals surface area contributed by atoms with Gasteiger partial charge in [0.25, 0.3) is 0 Å². The van der Waals surface area contributed by atoms with Gasteiger partial charge in [-0.1, -0.05) is 26.0 Å². The smallest absolute Gasteiger partial charge is 0.224 e. The number of carbonyl (C=O) groups excluding carboxylic acids is 1. The van der Waals surface area contributed by atoms with Crippen LogP contribution in [-0.4, -0.2) is 25.1 Å². The van der Waals surface area contributed by atoms with Gasteiger partial charge in [0.1, 0.15) is 5.75 Å². The number of hydrogen-bond acceptors (Lipinski definition) is 3. The molecule has 1 rings (SSSR count). The van der Waals surface area contributed by atoms with Gasteiger partial charge in [-0.3, -0.25) is 4.79 Å². The first-order chi connectivity index (χ1) is 9.38. The fourth-order valence-corrected chi connectivity index (χ4v) is 2.40. The molecule has 0 fully saturated rings. The van der Waals surface area contributed by atoms with E-state index in [2.05, 4.69) is 19.2 Å². The van der Waals surface area contributed by atoms with Crippen LogP contribution in [0.15, 0.2) is 24.3 Å². The van der Waals surface area contributed by atoms with Crippen molar-refractivity contribution in [2.45, 2.75) is 39.2 Å². The normalized spacial score (nSPS) is 13.9. The van der Waals surface area contributed by atoms with Crippen molar-refractivity contribution in [2.24, 2.45) is 11.7 Å². The van der Waals surface area contributed by atoms with E-state index in [1.165, 1.54) is 0 Å². The lowest BCUT2D eigenvalue weighted by Crippen LogP contribution is -2.52. The van der Waals surface area contributed by atoms with Gasteiger partial charge in [-0.2, -0.15) is 0 Å². The average Bonchev–Trinajstić information content (AvgIpc) is 2.38. The van der Waals surface area contributed by atoms with Crippen molar-refractivity contribution in [1.82, 2.24) is 5.32 Å². The van der Waals surface area contributed by atoms with E-state index < -0.39 is 0 Å². The maximum Gasteiger partial charge on any atom is 0.224 e. The molecule has 4 heteroatoms. The molecule has 1 aromatic carbocycles. The summed E-state index contributed by atoms with van der Waals surface area (Å²) in [6.07, 6.45) is 1.23. The summed E-state index contributed by atoms with van der Waals surface area (Å²) in [6, 6.07) is 7.53. The van der Waals surface area contributed by atoms with Crippen LogP contribution in [0.25, 0.3) is 0 Å². The van der Waals surface area contributed by atoms with Crippen molar-refractivity contribution < 1.29 is 9.53 Å². The van der Waals surface area contributed by atoms with E-state index in [4.69, 9.17) is 10.5 Å². The van der Waals surface area contributed by atoms with Crippen LogP contribution in [0.4, 0.5) is 0 Å². The minimum absolute atomic E-state index is 0.00349. The van der Waals surface area contributed by atoms with Crippen molar-refractivity contribution in [3.05, 3.63) is 29.8 Å². The number of ether oxygens (including phenoxy) is 1. The highest BCUT2D eigenvalue weighted by atomic mass is 16.5. The lowest BCUT2D eigenvalue weighted by molar-refractivity contribution is -0.122. The number of hydrogen-bond donors (Lipinski definition) is 2. The summed E-state index contributed by atoms with van der Waals surface area (Å²) >= 11 is 0. The lowest BCUT2D eigenvalue weighted by atomic mass is 9.90. The molecular weight excluding hydrogens is 252 g/mol. The van der Waals surface area contributed by atoms with Crippen LogP contribution in [0, 0.1) is 5.92 Å². The van der Waals surface area contributed by atoms with Crippen molar-refractivity contribution in [1.29, 1.82) is 0 Å². The van der Waals surface area contributed by atoms with E-state index in [9.17, 15) is 4.79 Å². The van der Waals surface area contributed by atoms with Crippen molar-refractivity contribution in [3.8, 4) is 5.75 Å². The average molecular weight is 278 g/mol. The first-order valence-corrected chi connectivity index (χ1v) is 7.02. The van der Waals surface area contributed by atoms with Crippen LogP contribution >= 0.6 is 0 Å². The Balaban J connectivity index is 2.61. The zero-order chi connectivity index (χ0) is 15.2. The summed E-state index contributed by atoms with van der Waals surface area (Å²) in [5.41, 5.74) is 6.43. The number of amides is 1. The second-order valence-electron chi connectivity index (χ2n) is 5.94. The molecule has 1 unspecified atom stereocenters. The molecule has 1 aromatic rings. The van der Waals surface area contributed by atoms with Gasteiger partial charge < -0.3 is 15.8 Å². The molecule has 0 aliphatic heterocycles. The van der Waals surface area contributed by atoms with Gasteiger partial charge >= 0.3 is 0 Å². The molecule has 0 spiro atoms. The predicted molar refractivity (Wildman–Crippen MR) is 81.8 cm³/mol. The Bertz CT molecular complexity index is 429. The molecular formula is C16H26N2O2. The zero-order valence-electron chi connectivity index (χ0n) is 12.9. The fourth-order valence-electron chi connectivity index (χ4n) is 2.40. The predicted octanol–water partition coefficient (Wildman–Crippen LogP) is 2.12. The Kier molecular flexibility index (Phi) is 6.02. The van der Waals surface area contributed by atoms with E-state index in [0.717, 1.165) is 17.7 Å². The highest BCUT2D eigenvalue weighted by Gasteiger charge is 2.25. The molecule has 3 N–H and O–H groups in total. The highest BCUT2D eigenvalue weighted by molar-refractivity contribution is 5.79. The van der Waals surface area contributed by atoms with E-state index in [0.29, 0.717) is 18.9 Å². The minimum atomic E-state index is -0.336. The van der Waals surface area contributed by atoms with Gasteiger partial charge in [0.15, 0.2) is 0 Å². The maximum absolute atomic E-state index is 12.1. The van der Waals surface area contributed by atoms with E-state index in [1.54, 1.807) is 7.11 Å². The van der Waals surface area contributed by atoms with Crippen LogP contribution in [0.3, 0.4) is 0 Å². The summed E-state index contributed by atoms with van der Waals surface area (Å²) in [5, 5.41) is 3.06. The molecule has 0 heterocycles. The molecule has 0 bridgehead atoms. The Labute approximate surface area is 121 Å². The second kappa shape index (κ2) is 7.29. The molecule has 0 aliphatic carbocycles. The Morgan fingerprint density at radius 1 is 1.35 bits per heavy atom. The number of methoxy groups -OCH3 is 1. The largest absolute Gasteiger partial charge is 0.497 e. The summed E-state index contributed by atoms with van der Waals surface area (Å²) < 4.78 is 5.10. The van der Waals surface area contributed by atoms with Gasteiger partial charge in [0.05, 0.1) is 13.5 Å². The third-order valence-electron chi connectivity index (χ3n) is 3.27. The zero-order valence-corrected chi connectivity index (χ0v) is 12.9. The molecule has 4 nitrogen and oxygen atoms in total.